The minimum atomic E-state index is -0.355. The van der Waals surface area contributed by atoms with Crippen molar-refractivity contribution in [3.05, 3.63) is 69.4 Å². The average Bonchev–Trinajstić information content (AvgIpc) is 3.29. The van der Waals surface area contributed by atoms with Crippen molar-refractivity contribution in [1.82, 2.24) is 19.9 Å². The number of ether oxygens (including phenoxy) is 2. The van der Waals surface area contributed by atoms with Gasteiger partial charge in [-0.05, 0) is 43.2 Å². The van der Waals surface area contributed by atoms with Gasteiger partial charge in [0.25, 0.3) is 5.56 Å². The molecule has 1 aromatic carbocycles. The van der Waals surface area contributed by atoms with Gasteiger partial charge in [0.15, 0.2) is 17.3 Å². The number of hydrogen-bond donors (Lipinski definition) is 3. The molecule has 3 aromatic rings. The third-order valence-electron chi connectivity index (χ3n) is 6.10. The SMILES string of the molecule is Cc1nc(N)ccc1CNC(=O)Cn1c(C)cnc(NCC(C)(C)c2ccc3c(c2)OCO3)c1=O. The van der Waals surface area contributed by atoms with Crippen LogP contribution in [0.3, 0.4) is 0 Å². The van der Waals surface area contributed by atoms with E-state index in [0.717, 1.165) is 22.6 Å². The number of carbonyl (C=O) groups excluding carboxylic acids is 1. The van der Waals surface area contributed by atoms with E-state index in [-0.39, 0.29) is 36.0 Å². The lowest BCUT2D eigenvalue weighted by Crippen LogP contribution is -2.36. The largest absolute Gasteiger partial charge is 0.454 e. The molecule has 2 aromatic heterocycles. The summed E-state index contributed by atoms with van der Waals surface area (Å²) < 4.78 is 12.3. The summed E-state index contributed by atoms with van der Waals surface area (Å²) in [7, 11) is 0. The lowest BCUT2D eigenvalue weighted by Gasteiger charge is -2.26. The van der Waals surface area contributed by atoms with Crippen molar-refractivity contribution in [2.24, 2.45) is 0 Å². The van der Waals surface area contributed by atoms with Gasteiger partial charge in [-0.15, -0.1) is 0 Å². The van der Waals surface area contributed by atoms with Crippen molar-refractivity contribution in [3.8, 4) is 11.5 Å². The fraction of sp³-hybridized carbons (Fsp3) is 0.360. The minimum absolute atomic E-state index is 0.116. The number of fused-ring (bicyclic) bond motifs is 1. The number of benzene rings is 1. The van der Waals surface area contributed by atoms with Gasteiger partial charge in [-0.3, -0.25) is 14.2 Å². The molecular formula is C25H30N6O4. The zero-order valence-corrected chi connectivity index (χ0v) is 20.3. The second-order valence-corrected chi connectivity index (χ2v) is 9.20. The Bertz CT molecular complexity index is 1320. The van der Waals surface area contributed by atoms with Crippen LogP contribution in [0, 0.1) is 13.8 Å². The summed E-state index contributed by atoms with van der Waals surface area (Å²) in [6, 6.07) is 9.34. The molecule has 0 fully saturated rings. The Morgan fingerprint density at radius 1 is 1.17 bits per heavy atom. The molecule has 3 heterocycles. The Morgan fingerprint density at radius 2 is 1.94 bits per heavy atom. The van der Waals surface area contributed by atoms with Crippen molar-refractivity contribution in [2.75, 3.05) is 24.4 Å². The second-order valence-electron chi connectivity index (χ2n) is 9.20. The smallest absolute Gasteiger partial charge is 0.293 e. The first-order valence-electron chi connectivity index (χ1n) is 11.3. The molecule has 1 aliphatic rings. The second kappa shape index (κ2) is 9.65. The number of pyridine rings is 1. The predicted molar refractivity (Wildman–Crippen MR) is 133 cm³/mol. The molecule has 0 aliphatic carbocycles. The summed E-state index contributed by atoms with van der Waals surface area (Å²) in [5, 5.41) is 6.00. The number of nitrogens with zero attached hydrogens (tertiary/aromatic N) is 3. The number of nitrogen functional groups attached to an aromatic ring is 1. The topological polar surface area (TPSA) is 133 Å². The first-order valence-corrected chi connectivity index (χ1v) is 11.3. The van der Waals surface area contributed by atoms with Gasteiger partial charge in [-0.25, -0.2) is 9.97 Å². The maximum absolute atomic E-state index is 13.1. The Balaban J connectivity index is 1.42. The highest BCUT2D eigenvalue weighted by Gasteiger charge is 2.25. The van der Waals surface area contributed by atoms with Gasteiger partial charge in [0.05, 0.1) is 0 Å². The van der Waals surface area contributed by atoms with Crippen molar-refractivity contribution < 1.29 is 14.3 Å². The summed E-state index contributed by atoms with van der Waals surface area (Å²) >= 11 is 0. The average molecular weight is 479 g/mol. The number of anilines is 2. The number of hydrogen-bond acceptors (Lipinski definition) is 8. The lowest BCUT2D eigenvalue weighted by atomic mass is 9.84. The van der Waals surface area contributed by atoms with Gasteiger partial charge in [0, 0.05) is 36.1 Å². The molecule has 10 nitrogen and oxygen atoms in total. The molecule has 184 valence electrons. The number of nitrogens with two attached hydrogens (primary N) is 1. The maximum atomic E-state index is 13.1. The van der Waals surface area contributed by atoms with Crippen LogP contribution in [0.25, 0.3) is 0 Å². The number of nitrogens with one attached hydrogen (secondary N) is 2. The Kier molecular flexibility index (Phi) is 6.63. The first-order chi connectivity index (χ1) is 16.6. The fourth-order valence-corrected chi connectivity index (χ4v) is 3.80. The molecule has 0 unspecified atom stereocenters. The van der Waals surface area contributed by atoms with E-state index >= 15 is 0 Å². The molecule has 0 atom stereocenters. The molecular weight excluding hydrogens is 448 g/mol. The molecule has 1 amide bonds. The number of amides is 1. The van der Waals surface area contributed by atoms with Crippen molar-refractivity contribution in [3.63, 3.8) is 0 Å². The number of aryl methyl sites for hydroxylation is 2. The quantitative estimate of drug-likeness (QED) is 0.449. The summed E-state index contributed by atoms with van der Waals surface area (Å²) in [4.78, 5) is 34.2. The monoisotopic (exact) mass is 478 g/mol. The molecule has 0 saturated heterocycles. The van der Waals surface area contributed by atoms with Crippen LogP contribution < -0.4 is 31.4 Å². The van der Waals surface area contributed by atoms with E-state index in [2.05, 4.69) is 34.4 Å². The van der Waals surface area contributed by atoms with Gasteiger partial charge in [0.2, 0.25) is 12.7 Å². The van der Waals surface area contributed by atoms with E-state index < -0.39 is 0 Å². The molecule has 4 N–H and O–H groups in total. The van der Waals surface area contributed by atoms with Crippen molar-refractivity contribution in [2.45, 2.75) is 46.2 Å². The number of rotatable bonds is 8. The predicted octanol–water partition coefficient (Wildman–Crippen LogP) is 2.27. The van der Waals surface area contributed by atoms with Crippen LogP contribution >= 0.6 is 0 Å². The van der Waals surface area contributed by atoms with Crippen LogP contribution in [-0.2, 0) is 23.3 Å². The van der Waals surface area contributed by atoms with Gasteiger partial charge >= 0.3 is 0 Å². The molecule has 0 saturated carbocycles. The molecule has 0 bridgehead atoms. The highest BCUT2D eigenvalue weighted by atomic mass is 16.7. The van der Waals surface area contributed by atoms with Crippen LogP contribution in [0.4, 0.5) is 11.6 Å². The van der Waals surface area contributed by atoms with Crippen LogP contribution in [0.1, 0.15) is 36.4 Å². The van der Waals surface area contributed by atoms with Gasteiger partial charge in [0.1, 0.15) is 12.4 Å². The minimum Gasteiger partial charge on any atom is -0.454 e. The molecule has 10 heteroatoms. The summed E-state index contributed by atoms with van der Waals surface area (Å²) in [6.45, 7) is 8.55. The van der Waals surface area contributed by atoms with Crippen LogP contribution in [-0.4, -0.2) is 33.8 Å². The van der Waals surface area contributed by atoms with Crippen LogP contribution in [0.2, 0.25) is 0 Å². The lowest BCUT2D eigenvalue weighted by molar-refractivity contribution is -0.121. The fourth-order valence-electron chi connectivity index (χ4n) is 3.80. The maximum Gasteiger partial charge on any atom is 0.293 e. The van der Waals surface area contributed by atoms with Crippen LogP contribution in [0.15, 0.2) is 41.3 Å². The Morgan fingerprint density at radius 3 is 2.71 bits per heavy atom. The number of carbonyl (C=O) groups is 1. The van der Waals surface area contributed by atoms with E-state index in [9.17, 15) is 9.59 Å². The standard InChI is InChI=1S/C25H30N6O4/c1-15-10-28-23(29-13-25(3,4)18-6-7-19-20(9-18)35-14-34-19)24(33)31(15)12-22(32)27-11-17-5-8-21(26)30-16(17)2/h5-10H,11-14H2,1-4H3,(H2,26,30)(H,27,32)(H,28,29). The van der Waals surface area contributed by atoms with Gasteiger partial charge < -0.3 is 25.8 Å². The molecule has 0 spiro atoms. The van der Waals surface area contributed by atoms with Crippen molar-refractivity contribution >= 4 is 17.5 Å². The van der Waals surface area contributed by atoms with Gasteiger partial charge in [-0.1, -0.05) is 26.0 Å². The zero-order chi connectivity index (χ0) is 25.2. The number of aromatic nitrogens is 3. The van der Waals surface area contributed by atoms with Crippen LogP contribution in [0.5, 0.6) is 11.5 Å². The summed E-state index contributed by atoms with van der Waals surface area (Å²) in [5.74, 6) is 1.77. The highest BCUT2D eigenvalue weighted by Crippen LogP contribution is 2.36. The third-order valence-corrected chi connectivity index (χ3v) is 6.10. The summed E-state index contributed by atoms with van der Waals surface area (Å²) in [6.07, 6.45) is 1.58. The Labute approximate surface area is 203 Å². The molecule has 4 rings (SSSR count). The Hall–Kier alpha value is -4.08. The molecule has 35 heavy (non-hydrogen) atoms. The zero-order valence-electron chi connectivity index (χ0n) is 20.3. The first kappa shape index (κ1) is 24.1. The van der Waals surface area contributed by atoms with E-state index in [1.165, 1.54) is 4.57 Å². The highest BCUT2D eigenvalue weighted by molar-refractivity contribution is 5.75. The van der Waals surface area contributed by atoms with E-state index in [1.807, 2.05) is 31.2 Å². The van der Waals surface area contributed by atoms with Crippen molar-refractivity contribution in [1.29, 1.82) is 0 Å². The third kappa shape index (κ3) is 5.37. The van der Waals surface area contributed by atoms with E-state index in [1.54, 1.807) is 19.2 Å². The molecule has 0 radical (unpaired) electrons. The normalized spacial score (nSPS) is 12.5. The summed E-state index contributed by atoms with van der Waals surface area (Å²) in [5.41, 5.74) is 8.24. The van der Waals surface area contributed by atoms with E-state index in [0.29, 0.717) is 30.4 Å². The van der Waals surface area contributed by atoms with E-state index in [4.69, 9.17) is 15.2 Å². The van der Waals surface area contributed by atoms with Gasteiger partial charge in [-0.2, -0.15) is 0 Å². The molecule has 1 aliphatic heterocycles.